The molecule has 0 aliphatic rings. The highest BCUT2D eigenvalue weighted by Gasteiger charge is 2.21. The molecule has 0 fully saturated rings. The third-order valence-electron chi connectivity index (χ3n) is 4.76. The Bertz CT molecular complexity index is 956. The van der Waals surface area contributed by atoms with Crippen molar-refractivity contribution in [1.29, 1.82) is 0 Å². The Kier molecular flexibility index (Phi) is 7.33. The predicted molar refractivity (Wildman–Crippen MR) is 119 cm³/mol. The van der Waals surface area contributed by atoms with Gasteiger partial charge in [-0.2, -0.15) is 0 Å². The molecule has 3 nitrogen and oxygen atoms in total. The zero-order valence-corrected chi connectivity index (χ0v) is 18.0. The van der Waals surface area contributed by atoms with Crippen molar-refractivity contribution in [2.24, 2.45) is 5.41 Å². The summed E-state index contributed by atoms with van der Waals surface area (Å²) in [6.45, 7) is 10.0. The van der Waals surface area contributed by atoms with Gasteiger partial charge in [0.15, 0.2) is 11.6 Å². The molecule has 0 saturated heterocycles. The number of carbonyl (C=O) groups excluding carboxylic acids is 2. The number of Topliss-reactive ketones (excluding diaryl/α,β-unsaturated/α-hetero) is 2. The van der Waals surface area contributed by atoms with Crippen molar-refractivity contribution in [3.63, 3.8) is 0 Å². The number of ketones is 2. The summed E-state index contributed by atoms with van der Waals surface area (Å²) in [6, 6.07) is 15.2. The van der Waals surface area contributed by atoms with Crippen LogP contribution in [0.25, 0.3) is 6.08 Å². The van der Waals surface area contributed by atoms with Gasteiger partial charge in [0.05, 0.1) is 6.26 Å². The summed E-state index contributed by atoms with van der Waals surface area (Å²) >= 11 is 0. The number of benzene rings is 2. The molecular weight excluding hydrogens is 360 g/mol. The van der Waals surface area contributed by atoms with Crippen LogP contribution in [0.15, 0.2) is 65.9 Å². The Balaban J connectivity index is 2.23. The van der Waals surface area contributed by atoms with Crippen molar-refractivity contribution in [2.45, 2.75) is 47.5 Å². The molecule has 0 aliphatic heterocycles. The topological polar surface area (TPSA) is 54.4 Å². The highest BCUT2D eigenvalue weighted by Crippen LogP contribution is 2.25. The Labute approximate surface area is 173 Å². The van der Waals surface area contributed by atoms with E-state index in [0.29, 0.717) is 11.1 Å². The minimum Gasteiger partial charge on any atom is -0.515 e. The number of aliphatic hydroxyl groups is 1. The number of hydrogen-bond acceptors (Lipinski definition) is 3. The van der Waals surface area contributed by atoms with Crippen LogP contribution >= 0.6 is 0 Å². The highest BCUT2D eigenvalue weighted by molar-refractivity contribution is 6.14. The third kappa shape index (κ3) is 6.28. The van der Waals surface area contributed by atoms with E-state index in [9.17, 15) is 14.7 Å². The van der Waals surface area contributed by atoms with Gasteiger partial charge in [0.25, 0.3) is 0 Å². The second-order valence-electron chi connectivity index (χ2n) is 8.66. The van der Waals surface area contributed by atoms with Crippen molar-refractivity contribution < 1.29 is 14.7 Å². The first kappa shape index (κ1) is 22.4. The molecule has 2 aromatic carbocycles. The van der Waals surface area contributed by atoms with Crippen LogP contribution in [0.4, 0.5) is 0 Å². The molecule has 0 heterocycles. The summed E-state index contributed by atoms with van der Waals surface area (Å²) in [5, 5.41) is 9.66. The molecule has 29 heavy (non-hydrogen) atoms. The zero-order chi connectivity index (χ0) is 21.6. The van der Waals surface area contributed by atoms with Gasteiger partial charge in [-0.3, -0.25) is 9.59 Å². The van der Waals surface area contributed by atoms with Gasteiger partial charge in [0, 0.05) is 17.6 Å². The lowest BCUT2D eigenvalue weighted by molar-refractivity contribution is -0.112. The first-order valence-corrected chi connectivity index (χ1v) is 9.85. The maximum Gasteiger partial charge on any atom is 0.188 e. The fourth-order valence-corrected chi connectivity index (χ4v) is 3.27. The molecule has 0 aromatic heterocycles. The lowest BCUT2D eigenvalue weighted by atomic mass is 9.84. The van der Waals surface area contributed by atoms with Crippen LogP contribution in [0.5, 0.6) is 0 Å². The third-order valence-corrected chi connectivity index (χ3v) is 4.76. The van der Waals surface area contributed by atoms with Crippen molar-refractivity contribution in [1.82, 2.24) is 0 Å². The number of hydrogen-bond donors (Lipinski definition) is 1. The first-order chi connectivity index (χ1) is 13.6. The monoisotopic (exact) mass is 390 g/mol. The maximum atomic E-state index is 12.9. The van der Waals surface area contributed by atoms with E-state index in [0.717, 1.165) is 29.4 Å². The molecule has 1 N–H and O–H groups in total. The van der Waals surface area contributed by atoms with Crippen LogP contribution in [-0.4, -0.2) is 16.7 Å². The summed E-state index contributed by atoms with van der Waals surface area (Å²) in [4.78, 5) is 25.8. The number of allylic oxidation sites excluding steroid dienone is 2. The van der Waals surface area contributed by atoms with Crippen molar-refractivity contribution in [3.05, 3.63) is 88.2 Å². The van der Waals surface area contributed by atoms with Gasteiger partial charge >= 0.3 is 0 Å². The van der Waals surface area contributed by atoms with Gasteiger partial charge in [-0.1, -0.05) is 69.3 Å². The van der Waals surface area contributed by atoms with E-state index in [4.69, 9.17) is 0 Å². The average Bonchev–Trinajstić information content (AvgIpc) is 2.66. The van der Waals surface area contributed by atoms with E-state index < -0.39 is 0 Å². The Hall–Kier alpha value is -2.94. The fourth-order valence-electron chi connectivity index (χ4n) is 3.27. The Morgan fingerprint density at radius 2 is 1.62 bits per heavy atom. The zero-order valence-electron chi connectivity index (χ0n) is 18.0. The summed E-state index contributed by atoms with van der Waals surface area (Å²) in [7, 11) is 0. The molecule has 0 amide bonds. The SMILES string of the molecule is C/C(=C\c1ccccc1C)C(=O)/C(=C\O)CC(=O)c1ccccc1CC(C)(C)C. The largest absolute Gasteiger partial charge is 0.515 e. The molecule has 0 radical (unpaired) electrons. The molecule has 152 valence electrons. The van der Waals surface area contributed by atoms with Crippen LogP contribution in [0.1, 0.15) is 61.2 Å². The van der Waals surface area contributed by atoms with Crippen LogP contribution in [0.3, 0.4) is 0 Å². The first-order valence-electron chi connectivity index (χ1n) is 9.85. The van der Waals surface area contributed by atoms with Gasteiger partial charge < -0.3 is 5.11 Å². The summed E-state index contributed by atoms with van der Waals surface area (Å²) in [5.74, 6) is -0.486. The van der Waals surface area contributed by atoms with E-state index in [2.05, 4.69) is 20.8 Å². The number of carbonyl (C=O) groups is 2. The number of aliphatic hydroxyl groups excluding tert-OH is 1. The normalized spacial score (nSPS) is 12.7. The van der Waals surface area contributed by atoms with E-state index >= 15 is 0 Å². The minimum absolute atomic E-state index is 0.0364. The van der Waals surface area contributed by atoms with Gasteiger partial charge in [0.1, 0.15) is 0 Å². The predicted octanol–water partition coefficient (Wildman–Crippen LogP) is 6.27. The molecule has 0 saturated carbocycles. The van der Waals surface area contributed by atoms with Gasteiger partial charge in [-0.25, -0.2) is 0 Å². The fraction of sp³-hybridized carbons (Fsp3) is 0.308. The molecule has 0 aliphatic carbocycles. The average molecular weight is 391 g/mol. The summed E-state index contributed by atoms with van der Waals surface area (Å²) in [5.41, 5.74) is 4.18. The van der Waals surface area contributed by atoms with E-state index in [1.54, 1.807) is 19.1 Å². The van der Waals surface area contributed by atoms with Gasteiger partial charge in [0.2, 0.25) is 0 Å². The van der Waals surface area contributed by atoms with Gasteiger partial charge in [-0.15, -0.1) is 0 Å². The van der Waals surface area contributed by atoms with Crippen LogP contribution in [0, 0.1) is 12.3 Å². The summed E-state index contributed by atoms with van der Waals surface area (Å²) in [6.07, 6.45) is 3.18. The second kappa shape index (κ2) is 9.51. The summed E-state index contributed by atoms with van der Waals surface area (Å²) < 4.78 is 0. The molecule has 2 aromatic rings. The van der Waals surface area contributed by atoms with Crippen molar-refractivity contribution in [2.75, 3.05) is 0 Å². The molecule has 0 spiro atoms. The number of rotatable bonds is 7. The van der Waals surface area contributed by atoms with E-state index in [-0.39, 0.29) is 29.0 Å². The molecule has 0 unspecified atom stereocenters. The second-order valence-corrected chi connectivity index (χ2v) is 8.66. The quantitative estimate of drug-likeness (QED) is 0.344. The van der Waals surface area contributed by atoms with Crippen molar-refractivity contribution in [3.8, 4) is 0 Å². The van der Waals surface area contributed by atoms with E-state index in [1.165, 1.54) is 0 Å². The molecule has 0 bridgehead atoms. The van der Waals surface area contributed by atoms with Crippen LogP contribution in [0.2, 0.25) is 0 Å². The lowest BCUT2D eigenvalue weighted by Crippen LogP contribution is -2.15. The number of aryl methyl sites for hydroxylation is 1. The molecule has 0 atom stereocenters. The highest BCUT2D eigenvalue weighted by atomic mass is 16.2. The smallest absolute Gasteiger partial charge is 0.188 e. The molecule has 2 rings (SSSR count). The Morgan fingerprint density at radius 3 is 2.24 bits per heavy atom. The lowest BCUT2D eigenvalue weighted by Gasteiger charge is -2.20. The molecule has 3 heteroatoms. The molecular formula is C26H30O3. The van der Waals surface area contributed by atoms with E-state index in [1.807, 2.05) is 49.4 Å². The van der Waals surface area contributed by atoms with Crippen molar-refractivity contribution >= 4 is 17.6 Å². The maximum absolute atomic E-state index is 12.9. The van der Waals surface area contributed by atoms with Gasteiger partial charge in [-0.05, 0) is 54.0 Å². The van der Waals surface area contributed by atoms with Crippen LogP contribution in [-0.2, 0) is 11.2 Å². The standard InChI is InChI=1S/C26H30O3/c1-18-10-6-7-11-20(18)14-19(2)25(29)22(17-27)15-24(28)23-13-9-8-12-21(23)16-26(3,4)5/h6-14,17,27H,15-16H2,1-5H3/b19-14+,22-17-. The Morgan fingerprint density at radius 1 is 1.00 bits per heavy atom. The van der Waals surface area contributed by atoms with Crippen LogP contribution < -0.4 is 0 Å². The minimum atomic E-state index is -0.322.